The van der Waals surface area contributed by atoms with E-state index in [-0.39, 0.29) is 27.8 Å². The molecule has 3 rings (SSSR count). The fraction of sp³-hybridized carbons (Fsp3) is 0.118. The first-order valence-electron chi connectivity index (χ1n) is 7.35. The van der Waals surface area contributed by atoms with Crippen molar-refractivity contribution in [3.05, 3.63) is 69.5 Å². The van der Waals surface area contributed by atoms with Gasteiger partial charge in [0.15, 0.2) is 0 Å². The van der Waals surface area contributed by atoms with E-state index < -0.39 is 10.0 Å². The van der Waals surface area contributed by atoms with Crippen LogP contribution >= 0.6 is 11.6 Å². The van der Waals surface area contributed by atoms with Gasteiger partial charge in [0, 0.05) is 22.6 Å². The van der Waals surface area contributed by atoms with E-state index in [9.17, 15) is 13.2 Å². The Morgan fingerprint density at radius 1 is 1.16 bits per heavy atom. The van der Waals surface area contributed by atoms with Gasteiger partial charge in [0.25, 0.3) is 5.56 Å². The van der Waals surface area contributed by atoms with Crippen LogP contribution in [0.5, 0.6) is 5.75 Å². The van der Waals surface area contributed by atoms with Gasteiger partial charge < -0.3 is 9.72 Å². The number of pyridine rings is 1. The lowest BCUT2D eigenvalue weighted by Crippen LogP contribution is -2.27. The third-order valence-electron chi connectivity index (χ3n) is 3.70. The normalized spacial score (nSPS) is 11.6. The minimum absolute atomic E-state index is 0.0836. The molecule has 2 N–H and O–H groups in total. The lowest BCUT2D eigenvalue weighted by Gasteiger charge is -2.11. The van der Waals surface area contributed by atoms with E-state index in [1.54, 1.807) is 12.1 Å². The van der Waals surface area contributed by atoms with Gasteiger partial charge in [-0.3, -0.25) is 4.79 Å². The van der Waals surface area contributed by atoms with Crippen LogP contribution < -0.4 is 15.0 Å². The van der Waals surface area contributed by atoms with Crippen molar-refractivity contribution in [3.63, 3.8) is 0 Å². The van der Waals surface area contributed by atoms with E-state index in [2.05, 4.69) is 9.71 Å². The second kappa shape index (κ2) is 6.87. The summed E-state index contributed by atoms with van der Waals surface area (Å²) >= 11 is 5.88. The molecule has 0 fully saturated rings. The molecule has 0 atom stereocenters. The maximum atomic E-state index is 12.6. The van der Waals surface area contributed by atoms with Crippen molar-refractivity contribution in [3.8, 4) is 5.75 Å². The molecule has 0 bridgehead atoms. The standard InChI is InChI=1S/C17H15ClN2O4S/c1-24-15-7-6-13(18)9-16(15)25(22,23)19-10-12-8-11-4-2-3-5-14(11)20-17(12)21/h2-9,19H,10H2,1H3,(H,20,21). The fourth-order valence-electron chi connectivity index (χ4n) is 2.43. The number of sulfonamides is 1. The Hall–Kier alpha value is -2.35. The van der Waals surface area contributed by atoms with Crippen LogP contribution in [0.4, 0.5) is 0 Å². The molecule has 1 heterocycles. The number of hydrogen-bond donors (Lipinski definition) is 2. The van der Waals surface area contributed by atoms with Crippen LogP contribution in [0.1, 0.15) is 5.56 Å². The van der Waals surface area contributed by atoms with E-state index in [4.69, 9.17) is 16.3 Å². The first kappa shape index (κ1) is 17.5. The van der Waals surface area contributed by atoms with Crippen LogP contribution in [0.15, 0.2) is 58.2 Å². The molecule has 0 aliphatic carbocycles. The van der Waals surface area contributed by atoms with E-state index >= 15 is 0 Å². The number of ether oxygens (including phenoxy) is 1. The van der Waals surface area contributed by atoms with E-state index in [0.717, 1.165) is 5.39 Å². The second-order valence-electron chi connectivity index (χ2n) is 5.33. The van der Waals surface area contributed by atoms with E-state index in [0.29, 0.717) is 11.1 Å². The summed E-state index contributed by atoms with van der Waals surface area (Å²) in [5.41, 5.74) is 0.651. The Morgan fingerprint density at radius 3 is 2.68 bits per heavy atom. The number of halogens is 1. The lowest BCUT2D eigenvalue weighted by molar-refractivity contribution is 0.402. The minimum Gasteiger partial charge on any atom is -0.495 e. The first-order chi connectivity index (χ1) is 11.9. The topological polar surface area (TPSA) is 88.3 Å². The van der Waals surface area contributed by atoms with Crippen molar-refractivity contribution in [2.75, 3.05) is 7.11 Å². The van der Waals surface area contributed by atoms with Gasteiger partial charge in [0.1, 0.15) is 10.6 Å². The molecule has 0 radical (unpaired) electrons. The molecule has 2 aromatic carbocycles. The Balaban J connectivity index is 1.92. The number of para-hydroxylation sites is 1. The summed E-state index contributed by atoms with van der Waals surface area (Å²) in [6.07, 6.45) is 0. The molecule has 0 unspecified atom stereocenters. The Kier molecular flexibility index (Phi) is 4.80. The molecule has 8 heteroatoms. The maximum Gasteiger partial charge on any atom is 0.252 e. The highest BCUT2D eigenvalue weighted by Crippen LogP contribution is 2.27. The SMILES string of the molecule is COc1ccc(Cl)cc1S(=O)(=O)NCc1cc2ccccc2[nH]c1=O. The summed E-state index contributed by atoms with van der Waals surface area (Å²) < 4.78 is 32.6. The predicted octanol–water partition coefficient (Wildman–Crippen LogP) is 2.67. The number of fused-ring (bicyclic) bond motifs is 1. The van der Waals surface area contributed by atoms with E-state index in [1.807, 2.05) is 18.2 Å². The zero-order chi connectivity index (χ0) is 18.0. The zero-order valence-corrected chi connectivity index (χ0v) is 14.8. The Bertz CT molecular complexity index is 1090. The summed E-state index contributed by atoms with van der Waals surface area (Å²) in [4.78, 5) is 14.8. The highest BCUT2D eigenvalue weighted by atomic mass is 35.5. The number of hydrogen-bond acceptors (Lipinski definition) is 4. The summed E-state index contributed by atoms with van der Waals surface area (Å²) in [5, 5.41) is 1.08. The number of H-pyrrole nitrogens is 1. The van der Waals surface area contributed by atoms with Crippen molar-refractivity contribution in [1.82, 2.24) is 9.71 Å². The molecule has 0 aliphatic heterocycles. The molecule has 0 aliphatic rings. The number of nitrogens with one attached hydrogen (secondary N) is 2. The number of methoxy groups -OCH3 is 1. The maximum absolute atomic E-state index is 12.6. The second-order valence-corrected chi connectivity index (χ2v) is 7.50. The highest BCUT2D eigenvalue weighted by molar-refractivity contribution is 7.89. The molecular formula is C17H15ClN2O4S. The summed E-state index contributed by atoms with van der Waals surface area (Å²) in [6, 6.07) is 13.2. The van der Waals surface area contributed by atoms with Gasteiger partial charge in [-0.15, -0.1) is 0 Å². The number of aromatic amines is 1. The van der Waals surface area contributed by atoms with Crippen molar-refractivity contribution in [2.45, 2.75) is 11.4 Å². The highest BCUT2D eigenvalue weighted by Gasteiger charge is 2.20. The van der Waals surface area contributed by atoms with Gasteiger partial charge in [0.05, 0.1) is 7.11 Å². The van der Waals surface area contributed by atoms with Crippen LogP contribution in [-0.4, -0.2) is 20.5 Å². The lowest BCUT2D eigenvalue weighted by atomic mass is 10.1. The summed E-state index contributed by atoms with van der Waals surface area (Å²) in [7, 11) is -2.53. The molecule has 3 aromatic rings. The van der Waals surface area contributed by atoms with Gasteiger partial charge in [-0.2, -0.15) is 0 Å². The number of benzene rings is 2. The predicted molar refractivity (Wildman–Crippen MR) is 96.6 cm³/mol. The average molecular weight is 379 g/mol. The molecule has 1 aromatic heterocycles. The van der Waals surface area contributed by atoms with Gasteiger partial charge in [-0.25, -0.2) is 13.1 Å². The molecule has 6 nitrogen and oxygen atoms in total. The third-order valence-corrected chi connectivity index (χ3v) is 5.36. The number of aromatic nitrogens is 1. The fourth-order valence-corrected chi connectivity index (χ4v) is 3.87. The molecule has 0 saturated carbocycles. The van der Waals surface area contributed by atoms with Crippen LogP contribution in [0.2, 0.25) is 5.02 Å². The number of rotatable bonds is 5. The van der Waals surface area contributed by atoms with Crippen LogP contribution in [0, 0.1) is 0 Å². The van der Waals surface area contributed by atoms with Gasteiger partial charge in [-0.1, -0.05) is 29.8 Å². The smallest absolute Gasteiger partial charge is 0.252 e. The van der Waals surface area contributed by atoms with E-state index in [1.165, 1.54) is 25.3 Å². The van der Waals surface area contributed by atoms with Crippen LogP contribution in [0.3, 0.4) is 0 Å². The molecule has 25 heavy (non-hydrogen) atoms. The molecule has 0 saturated heterocycles. The van der Waals surface area contributed by atoms with Crippen molar-refractivity contribution in [1.29, 1.82) is 0 Å². The quantitative estimate of drug-likeness (QED) is 0.714. The molecule has 130 valence electrons. The summed E-state index contributed by atoms with van der Waals surface area (Å²) in [6.45, 7) is -0.155. The minimum atomic E-state index is -3.91. The van der Waals surface area contributed by atoms with Crippen LogP contribution in [0.25, 0.3) is 10.9 Å². The van der Waals surface area contributed by atoms with Gasteiger partial charge in [-0.05, 0) is 35.7 Å². The molecule has 0 amide bonds. The van der Waals surface area contributed by atoms with Crippen molar-refractivity contribution >= 4 is 32.5 Å². The third kappa shape index (κ3) is 3.68. The molecular weight excluding hydrogens is 364 g/mol. The van der Waals surface area contributed by atoms with Gasteiger partial charge >= 0.3 is 0 Å². The van der Waals surface area contributed by atoms with Gasteiger partial charge in [0.2, 0.25) is 10.0 Å². The monoisotopic (exact) mass is 378 g/mol. The van der Waals surface area contributed by atoms with Crippen molar-refractivity contribution in [2.24, 2.45) is 0 Å². The average Bonchev–Trinajstić information content (AvgIpc) is 2.60. The summed E-state index contributed by atoms with van der Waals surface area (Å²) in [5.74, 6) is 0.171. The Morgan fingerprint density at radius 2 is 1.92 bits per heavy atom. The largest absolute Gasteiger partial charge is 0.495 e. The van der Waals surface area contributed by atoms with Crippen molar-refractivity contribution < 1.29 is 13.2 Å². The zero-order valence-electron chi connectivity index (χ0n) is 13.2. The van der Waals surface area contributed by atoms with Crippen LogP contribution in [-0.2, 0) is 16.6 Å². The molecule has 0 spiro atoms. The Labute approximate surface area is 149 Å². The first-order valence-corrected chi connectivity index (χ1v) is 9.21.